The normalized spacial score (nSPS) is 11.4. The van der Waals surface area contributed by atoms with Crippen molar-refractivity contribution < 1.29 is 4.74 Å². The zero-order chi connectivity index (χ0) is 14.3. The summed E-state index contributed by atoms with van der Waals surface area (Å²) in [5, 5.41) is 3.44. The fourth-order valence-corrected chi connectivity index (χ4v) is 1.63. The lowest BCUT2D eigenvalue weighted by Gasteiger charge is -2.29. The van der Waals surface area contributed by atoms with E-state index < -0.39 is 0 Å². The minimum atomic E-state index is 0.0170. The van der Waals surface area contributed by atoms with E-state index in [0.717, 1.165) is 18.7 Å². The number of aromatic nitrogens is 2. The molecule has 4 N–H and O–H groups in total. The number of anilines is 2. The largest absolute Gasteiger partial charge is 0.374 e. The van der Waals surface area contributed by atoms with Gasteiger partial charge in [-0.3, -0.25) is 0 Å². The van der Waals surface area contributed by atoms with Gasteiger partial charge in [0.05, 0.1) is 0 Å². The van der Waals surface area contributed by atoms with Gasteiger partial charge in [0.2, 0.25) is 0 Å². The first-order chi connectivity index (χ1) is 9.06. The molecule has 6 nitrogen and oxygen atoms in total. The topological polar surface area (TPSA) is 85.1 Å². The molecule has 0 fully saturated rings. The van der Waals surface area contributed by atoms with Crippen molar-refractivity contribution in [2.75, 3.05) is 17.3 Å². The average Bonchev–Trinajstić information content (AvgIpc) is 2.44. The van der Waals surface area contributed by atoms with Crippen molar-refractivity contribution in [3.8, 4) is 0 Å². The molecule has 19 heavy (non-hydrogen) atoms. The van der Waals surface area contributed by atoms with Gasteiger partial charge in [0.15, 0.2) is 5.82 Å². The fourth-order valence-electron chi connectivity index (χ4n) is 1.63. The number of nitrogens with two attached hydrogens (primary N) is 1. The van der Waals surface area contributed by atoms with Crippen LogP contribution in [-0.2, 0) is 11.3 Å². The van der Waals surface area contributed by atoms with Crippen LogP contribution in [0, 0.1) is 0 Å². The molecule has 1 aromatic rings. The maximum atomic E-state index is 5.44. The molecule has 1 heterocycles. The Kier molecular flexibility index (Phi) is 5.98. The second kappa shape index (κ2) is 7.25. The Morgan fingerprint density at radius 3 is 2.37 bits per heavy atom. The SMILES string of the molecule is CCOCc1nc(NN)cc(NC(C)(CC)CC)n1. The van der Waals surface area contributed by atoms with Crippen LogP contribution in [0.1, 0.15) is 46.4 Å². The van der Waals surface area contributed by atoms with Gasteiger partial charge in [-0.15, -0.1) is 0 Å². The van der Waals surface area contributed by atoms with Gasteiger partial charge in [-0.05, 0) is 26.7 Å². The minimum absolute atomic E-state index is 0.0170. The van der Waals surface area contributed by atoms with Gasteiger partial charge < -0.3 is 15.5 Å². The Morgan fingerprint density at radius 2 is 1.84 bits per heavy atom. The first-order valence-electron chi connectivity index (χ1n) is 6.77. The molecule has 0 atom stereocenters. The van der Waals surface area contributed by atoms with Gasteiger partial charge >= 0.3 is 0 Å². The number of nitrogens with zero attached hydrogens (tertiary/aromatic N) is 2. The van der Waals surface area contributed by atoms with E-state index in [2.05, 4.69) is 41.5 Å². The summed E-state index contributed by atoms with van der Waals surface area (Å²) in [4.78, 5) is 8.72. The third-order valence-corrected chi connectivity index (χ3v) is 3.35. The quantitative estimate of drug-likeness (QED) is 0.495. The molecule has 0 aliphatic heterocycles. The van der Waals surface area contributed by atoms with Crippen LogP contribution in [-0.4, -0.2) is 22.1 Å². The standard InChI is InChI=1S/C13H25N5O/c1-5-13(4,6-2)17-10-8-11(18-14)16-12(15-10)9-19-7-3/h8H,5-7,9,14H2,1-4H3,(H2,15,16,17,18). The lowest BCUT2D eigenvalue weighted by atomic mass is 9.96. The second-order valence-corrected chi connectivity index (χ2v) is 4.73. The van der Waals surface area contributed by atoms with Crippen molar-refractivity contribution in [3.63, 3.8) is 0 Å². The highest BCUT2D eigenvalue weighted by atomic mass is 16.5. The Balaban J connectivity index is 2.92. The lowest BCUT2D eigenvalue weighted by Crippen LogP contribution is -2.33. The molecule has 0 radical (unpaired) electrons. The number of ether oxygens (including phenoxy) is 1. The fraction of sp³-hybridized carbons (Fsp3) is 0.692. The molecular weight excluding hydrogens is 242 g/mol. The Morgan fingerprint density at radius 1 is 1.21 bits per heavy atom. The first-order valence-corrected chi connectivity index (χ1v) is 6.77. The number of nitrogen functional groups attached to an aromatic ring is 1. The summed E-state index contributed by atoms with van der Waals surface area (Å²) >= 11 is 0. The van der Waals surface area contributed by atoms with Crippen molar-refractivity contribution in [1.29, 1.82) is 0 Å². The molecule has 1 rings (SSSR count). The lowest BCUT2D eigenvalue weighted by molar-refractivity contribution is 0.128. The molecule has 1 aromatic heterocycles. The molecule has 0 saturated carbocycles. The Labute approximate surface area is 115 Å². The van der Waals surface area contributed by atoms with E-state index in [0.29, 0.717) is 24.9 Å². The molecule has 0 aliphatic carbocycles. The van der Waals surface area contributed by atoms with Crippen molar-refractivity contribution in [1.82, 2.24) is 9.97 Å². The summed E-state index contributed by atoms with van der Waals surface area (Å²) in [6.45, 7) is 9.44. The third-order valence-electron chi connectivity index (χ3n) is 3.35. The van der Waals surface area contributed by atoms with Crippen LogP contribution in [0.3, 0.4) is 0 Å². The van der Waals surface area contributed by atoms with Crippen LogP contribution < -0.4 is 16.6 Å². The Hall–Kier alpha value is -1.40. The van der Waals surface area contributed by atoms with E-state index >= 15 is 0 Å². The maximum Gasteiger partial charge on any atom is 0.158 e. The molecule has 0 aliphatic rings. The van der Waals surface area contributed by atoms with Crippen LogP contribution in [0.2, 0.25) is 0 Å². The maximum absolute atomic E-state index is 5.44. The summed E-state index contributed by atoms with van der Waals surface area (Å²) in [5.74, 6) is 7.41. The number of rotatable bonds is 8. The summed E-state index contributed by atoms with van der Waals surface area (Å²) in [6.07, 6.45) is 2.03. The van der Waals surface area contributed by atoms with Gasteiger partial charge in [-0.1, -0.05) is 13.8 Å². The van der Waals surface area contributed by atoms with Crippen molar-refractivity contribution in [2.45, 2.75) is 52.7 Å². The van der Waals surface area contributed by atoms with E-state index in [-0.39, 0.29) is 5.54 Å². The molecule has 6 heteroatoms. The second-order valence-electron chi connectivity index (χ2n) is 4.73. The van der Waals surface area contributed by atoms with Crippen LogP contribution >= 0.6 is 0 Å². The monoisotopic (exact) mass is 267 g/mol. The van der Waals surface area contributed by atoms with Gasteiger partial charge in [-0.2, -0.15) is 0 Å². The van der Waals surface area contributed by atoms with Gasteiger partial charge in [-0.25, -0.2) is 15.8 Å². The van der Waals surface area contributed by atoms with E-state index in [9.17, 15) is 0 Å². The average molecular weight is 267 g/mol. The predicted molar refractivity (Wildman–Crippen MR) is 77.8 cm³/mol. The van der Waals surface area contributed by atoms with E-state index in [1.165, 1.54) is 0 Å². The minimum Gasteiger partial charge on any atom is -0.374 e. The number of hydrogen-bond acceptors (Lipinski definition) is 6. The Bertz CT molecular complexity index is 393. The van der Waals surface area contributed by atoms with Crippen molar-refractivity contribution in [2.24, 2.45) is 5.84 Å². The zero-order valence-electron chi connectivity index (χ0n) is 12.3. The predicted octanol–water partition coefficient (Wildman–Crippen LogP) is 2.29. The molecule has 108 valence electrons. The molecule has 0 bridgehead atoms. The van der Waals surface area contributed by atoms with Crippen LogP contribution in [0.5, 0.6) is 0 Å². The number of hydrogen-bond donors (Lipinski definition) is 3. The summed E-state index contributed by atoms with van der Waals surface area (Å²) < 4.78 is 5.34. The highest BCUT2D eigenvalue weighted by Crippen LogP contribution is 2.21. The number of hydrazine groups is 1. The molecular formula is C13H25N5O. The third kappa shape index (κ3) is 4.65. The highest BCUT2D eigenvalue weighted by Gasteiger charge is 2.20. The van der Waals surface area contributed by atoms with Crippen LogP contribution in [0.4, 0.5) is 11.6 Å². The smallest absolute Gasteiger partial charge is 0.158 e. The molecule has 0 unspecified atom stereocenters. The van der Waals surface area contributed by atoms with Crippen LogP contribution in [0.15, 0.2) is 6.07 Å². The van der Waals surface area contributed by atoms with Gasteiger partial charge in [0, 0.05) is 18.2 Å². The van der Waals surface area contributed by atoms with Gasteiger partial charge in [0.25, 0.3) is 0 Å². The van der Waals surface area contributed by atoms with Gasteiger partial charge in [0.1, 0.15) is 18.2 Å². The van der Waals surface area contributed by atoms with E-state index in [1.807, 2.05) is 6.92 Å². The van der Waals surface area contributed by atoms with E-state index in [4.69, 9.17) is 10.6 Å². The zero-order valence-corrected chi connectivity index (χ0v) is 12.3. The first kappa shape index (κ1) is 15.7. The summed E-state index contributed by atoms with van der Waals surface area (Å²) in [6, 6.07) is 1.80. The molecule has 0 aromatic carbocycles. The van der Waals surface area contributed by atoms with Crippen molar-refractivity contribution >= 4 is 11.6 Å². The van der Waals surface area contributed by atoms with Crippen LogP contribution in [0.25, 0.3) is 0 Å². The molecule has 0 amide bonds. The van der Waals surface area contributed by atoms with Crippen molar-refractivity contribution in [3.05, 3.63) is 11.9 Å². The summed E-state index contributed by atoms with van der Waals surface area (Å²) in [7, 11) is 0. The molecule has 0 spiro atoms. The molecule has 0 saturated heterocycles. The highest BCUT2D eigenvalue weighted by molar-refractivity contribution is 5.48. The number of nitrogens with one attached hydrogen (secondary N) is 2. The van der Waals surface area contributed by atoms with E-state index in [1.54, 1.807) is 6.07 Å². The summed E-state index contributed by atoms with van der Waals surface area (Å²) in [5.41, 5.74) is 2.58.